The summed E-state index contributed by atoms with van der Waals surface area (Å²) in [6, 6.07) is 12.0. The van der Waals surface area contributed by atoms with Crippen LogP contribution in [-0.4, -0.2) is 66.5 Å². The normalized spacial score (nSPS) is 18.1. The van der Waals surface area contributed by atoms with E-state index in [1.165, 1.54) is 6.07 Å². The number of halogens is 2. The summed E-state index contributed by atoms with van der Waals surface area (Å²) in [5.41, 5.74) is 1.85. The number of ether oxygens (including phenoxy) is 1. The van der Waals surface area contributed by atoms with Crippen molar-refractivity contribution in [1.82, 2.24) is 14.7 Å². The van der Waals surface area contributed by atoms with Gasteiger partial charge in [0, 0.05) is 51.4 Å². The van der Waals surface area contributed by atoms with Gasteiger partial charge in [0.05, 0.1) is 6.54 Å². The van der Waals surface area contributed by atoms with Crippen molar-refractivity contribution < 1.29 is 18.3 Å². The number of rotatable bonds is 4. The first-order chi connectivity index (χ1) is 14.1. The highest BCUT2D eigenvalue weighted by Crippen LogP contribution is 2.22. The molecular formula is C22H25F2N3O2. The number of hydrogen-bond acceptors (Lipinski definition) is 4. The van der Waals surface area contributed by atoms with Crippen LogP contribution in [0.2, 0.25) is 0 Å². The molecule has 0 spiro atoms. The van der Waals surface area contributed by atoms with Crippen LogP contribution in [0, 0.1) is 11.6 Å². The van der Waals surface area contributed by atoms with E-state index >= 15 is 0 Å². The summed E-state index contributed by atoms with van der Waals surface area (Å²) in [7, 11) is 0. The molecule has 0 radical (unpaired) electrons. The molecule has 0 N–H and O–H groups in total. The molecule has 29 heavy (non-hydrogen) atoms. The Morgan fingerprint density at radius 3 is 2.52 bits per heavy atom. The van der Waals surface area contributed by atoms with Crippen molar-refractivity contribution >= 4 is 5.91 Å². The predicted octanol–water partition coefficient (Wildman–Crippen LogP) is 2.50. The van der Waals surface area contributed by atoms with Crippen molar-refractivity contribution in [3.8, 4) is 5.75 Å². The Balaban J connectivity index is 1.27. The first-order valence-electron chi connectivity index (χ1n) is 9.95. The maximum atomic E-state index is 13.4. The zero-order chi connectivity index (χ0) is 20.2. The molecule has 5 nitrogen and oxygen atoms in total. The van der Waals surface area contributed by atoms with E-state index in [2.05, 4.69) is 9.80 Å². The van der Waals surface area contributed by atoms with Gasteiger partial charge < -0.3 is 9.64 Å². The third-order valence-electron chi connectivity index (χ3n) is 5.51. The lowest BCUT2D eigenvalue weighted by Gasteiger charge is -2.35. The number of carbonyl (C=O) groups is 1. The topological polar surface area (TPSA) is 36.0 Å². The summed E-state index contributed by atoms with van der Waals surface area (Å²) < 4.78 is 32.2. The maximum absolute atomic E-state index is 13.4. The highest BCUT2D eigenvalue weighted by Gasteiger charge is 2.24. The standard InChI is InChI=1S/C22H25F2N3O2/c23-19-6-5-17(13-20(19)24)14-25-7-9-27(10-8-25)22(28)16-26-11-12-29-21-4-2-1-3-18(21)15-26/h1-6,13H,7-12,14-16H2. The molecule has 154 valence electrons. The number of piperazine rings is 1. The fourth-order valence-electron chi connectivity index (χ4n) is 3.86. The smallest absolute Gasteiger partial charge is 0.236 e. The van der Waals surface area contributed by atoms with Crippen LogP contribution in [0.15, 0.2) is 42.5 Å². The Kier molecular flexibility index (Phi) is 6.06. The van der Waals surface area contributed by atoms with Crippen LogP contribution < -0.4 is 4.74 Å². The van der Waals surface area contributed by atoms with E-state index in [-0.39, 0.29) is 5.91 Å². The molecule has 1 saturated heterocycles. The SMILES string of the molecule is O=C(CN1CCOc2ccccc2C1)N1CCN(Cc2ccc(F)c(F)c2)CC1. The van der Waals surface area contributed by atoms with Crippen LogP contribution >= 0.6 is 0 Å². The zero-order valence-electron chi connectivity index (χ0n) is 16.3. The Labute approximate surface area is 169 Å². The quantitative estimate of drug-likeness (QED) is 0.789. The van der Waals surface area contributed by atoms with Gasteiger partial charge in [0.2, 0.25) is 5.91 Å². The first-order valence-corrected chi connectivity index (χ1v) is 9.95. The summed E-state index contributed by atoms with van der Waals surface area (Å²) in [6.45, 7) is 5.65. The largest absolute Gasteiger partial charge is 0.492 e. The summed E-state index contributed by atoms with van der Waals surface area (Å²) in [6.07, 6.45) is 0. The van der Waals surface area contributed by atoms with E-state index in [4.69, 9.17) is 4.74 Å². The van der Waals surface area contributed by atoms with Gasteiger partial charge in [-0.15, -0.1) is 0 Å². The van der Waals surface area contributed by atoms with Crippen LogP contribution in [0.1, 0.15) is 11.1 Å². The van der Waals surface area contributed by atoms with E-state index < -0.39 is 11.6 Å². The van der Waals surface area contributed by atoms with Crippen LogP contribution in [0.3, 0.4) is 0 Å². The third-order valence-corrected chi connectivity index (χ3v) is 5.51. The van der Waals surface area contributed by atoms with Crippen molar-refractivity contribution in [2.45, 2.75) is 13.1 Å². The third kappa shape index (κ3) is 4.92. The zero-order valence-corrected chi connectivity index (χ0v) is 16.3. The number of para-hydroxylation sites is 1. The second-order valence-electron chi connectivity index (χ2n) is 7.57. The van der Waals surface area contributed by atoms with Crippen molar-refractivity contribution in [3.05, 3.63) is 65.2 Å². The Morgan fingerprint density at radius 1 is 0.931 bits per heavy atom. The molecule has 0 saturated carbocycles. The molecule has 7 heteroatoms. The molecule has 2 aromatic rings. The van der Waals surface area contributed by atoms with Gasteiger partial charge in [-0.05, 0) is 23.8 Å². The molecule has 1 amide bonds. The summed E-state index contributed by atoms with van der Waals surface area (Å²) >= 11 is 0. The summed E-state index contributed by atoms with van der Waals surface area (Å²) in [5.74, 6) is -0.629. The van der Waals surface area contributed by atoms with Crippen LogP contribution in [0.4, 0.5) is 8.78 Å². The average Bonchev–Trinajstić information content (AvgIpc) is 2.93. The molecule has 2 aliphatic rings. The number of amides is 1. The number of fused-ring (bicyclic) bond motifs is 1. The average molecular weight is 401 g/mol. The van der Waals surface area contributed by atoms with Crippen LogP contribution in [0.5, 0.6) is 5.75 Å². The summed E-state index contributed by atoms with van der Waals surface area (Å²) in [5, 5.41) is 0. The lowest BCUT2D eigenvalue weighted by atomic mass is 10.2. The first kappa shape index (κ1) is 19.8. The minimum Gasteiger partial charge on any atom is -0.492 e. The maximum Gasteiger partial charge on any atom is 0.236 e. The van der Waals surface area contributed by atoms with E-state index in [0.29, 0.717) is 39.3 Å². The van der Waals surface area contributed by atoms with Gasteiger partial charge in [-0.2, -0.15) is 0 Å². The van der Waals surface area contributed by atoms with E-state index in [1.54, 1.807) is 6.07 Å². The van der Waals surface area contributed by atoms with E-state index in [0.717, 1.165) is 42.6 Å². The highest BCUT2D eigenvalue weighted by molar-refractivity contribution is 5.78. The van der Waals surface area contributed by atoms with Crippen molar-refractivity contribution in [1.29, 1.82) is 0 Å². The molecule has 0 atom stereocenters. The van der Waals surface area contributed by atoms with Crippen LogP contribution in [-0.2, 0) is 17.9 Å². The fraction of sp³-hybridized carbons (Fsp3) is 0.409. The van der Waals surface area contributed by atoms with E-state index in [9.17, 15) is 13.6 Å². The lowest BCUT2D eigenvalue weighted by molar-refractivity contribution is -0.134. The minimum atomic E-state index is -0.828. The molecule has 2 aliphatic heterocycles. The number of nitrogens with zero attached hydrogens (tertiary/aromatic N) is 3. The van der Waals surface area contributed by atoms with Gasteiger partial charge in [0.15, 0.2) is 11.6 Å². The second kappa shape index (κ2) is 8.88. The predicted molar refractivity (Wildman–Crippen MR) is 105 cm³/mol. The van der Waals surface area contributed by atoms with Gasteiger partial charge in [-0.1, -0.05) is 24.3 Å². The van der Waals surface area contributed by atoms with Gasteiger partial charge in [0.1, 0.15) is 12.4 Å². The van der Waals surface area contributed by atoms with Crippen molar-refractivity contribution in [2.75, 3.05) is 45.9 Å². The number of benzene rings is 2. The molecule has 1 fully saturated rings. The van der Waals surface area contributed by atoms with Gasteiger partial charge in [0.25, 0.3) is 0 Å². The van der Waals surface area contributed by atoms with E-state index in [1.807, 2.05) is 29.2 Å². The number of carbonyl (C=O) groups excluding carboxylic acids is 1. The molecule has 0 aliphatic carbocycles. The van der Waals surface area contributed by atoms with Crippen molar-refractivity contribution in [2.24, 2.45) is 0 Å². The lowest BCUT2D eigenvalue weighted by Crippen LogP contribution is -2.51. The van der Waals surface area contributed by atoms with Gasteiger partial charge in [-0.3, -0.25) is 14.6 Å². The van der Waals surface area contributed by atoms with Crippen molar-refractivity contribution in [3.63, 3.8) is 0 Å². The Morgan fingerprint density at radius 2 is 1.72 bits per heavy atom. The summed E-state index contributed by atoms with van der Waals surface area (Å²) in [4.78, 5) is 18.9. The highest BCUT2D eigenvalue weighted by atomic mass is 19.2. The van der Waals surface area contributed by atoms with Gasteiger partial charge >= 0.3 is 0 Å². The Bertz CT molecular complexity index is 869. The minimum absolute atomic E-state index is 0.122. The second-order valence-corrected chi connectivity index (χ2v) is 7.57. The number of hydrogen-bond donors (Lipinski definition) is 0. The molecule has 0 unspecified atom stereocenters. The molecule has 2 heterocycles. The van der Waals surface area contributed by atoms with Gasteiger partial charge in [-0.25, -0.2) is 8.78 Å². The fourth-order valence-corrected chi connectivity index (χ4v) is 3.86. The molecule has 4 rings (SSSR count). The monoisotopic (exact) mass is 401 g/mol. The molecule has 0 aromatic heterocycles. The van der Waals surface area contributed by atoms with Crippen LogP contribution in [0.25, 0.3) is 0 Å². The molecule has 2 aromatic carbocycles. The Hall–Kier alpha value is -2.51. The molecule has 0 bridgehead atoms. The molecular weight excluding hydrogens is 376 g/mol.